The van der Waals surface area contributed by atoms with E-state index in [2.05, 4.69) is 10.3 Å². The molecule has 11 nitrogen and oxygen atoms in total. The fourth-order valence-corrected chi connectivity index (χ4v) is 4.80. The van der Waals surface area contributed by atoms with E-state index in [9.17, 15) is 28.7 Å². The van der Waals surface area contributed by atoms with Gasteiger partial charge in [0.2, 0.25) is 5.75 Å². The van der Waals surface area contributed by atoms with Crippen LogP contribution in [0.5, 0.6) is 5.75 Å². The number of fused-ring (bicyclic) bond motifs is 2. The van der Waals surface area contributed by atoms with Gasteiger partial charge in [-0.15, -0.1) is 0 Å². The molecule has 2 N–H and O–H groups in total. The van der Waals surface area contributed by atoms with Crippen molar-refractivity contribution in [3.63, 3.8) is 0 Å². The summed E-state index contributed by atoms with van der Waals surface area (Å²) < 4.78 is 20.4. The Morgan fingerprint density at radius 1 is 1.24 bits per heavy atom. The molecule has 0 radical (unpaired) electrons. The summed E-state index contributed by atoms with van der Waals surface area (Å²) in [6.45, 7) is 2.12. The van der Waals surface area contributed by atoms with Crippen LogP contribution in [-0.2, 0) is 33.0 Å². The van der Waals surface area contributed by atoms with Gasteiger partial charge in [0.05, 0.1) is 19.3 Å². The smallest absolute Gasteiger partial charge is 0.312 e. The highest BCUT2D eigenvalue weighted by Crippen LogP contribution is 2.41. The quantitative estimate of drug-likeness (QED) is 0.542. The minimum atomic E-state index is -1.29. The number of nitrogens with zero attached hydrogens (tertiary/aromatic N) is 4. The van der Waals surface area contributed by atoms with Crippen molar-refractivity contribution in [1.82, 2.24) is 24.7 Å². The minimum Gasteiger partial charge on any atom is -0.501 e. The highest BCUT2D eigenvalue weighted by atomic mass is 19.1. The first-order valence-corrected chi connectivity index (χ1v) is 12.1. The zero-order valence-corrected chi connectivity index (χ0v) is 21.0. The summed E-state index contributed by atoms with van der Waals surface area (Å²) in [4.78, 5) is 59.3. The molecule has 1 fully saturated rings. The Labute approximate surface area is 212 Å². The number of rotatable bonds is 6. The summed E-state index contributed by atoms with van der Waals surface area (Å²) in [7, 11) is 2.95. The van der Waals surface area contributed by atoms with E-state index in [0.29, 0.717) is 24.8 Å². The summed E-state index contributed by atoms with van der Waals surface area (Å²) in [5, 5.41) is 13.2. The number of nitrogens with one attached hydrogen (secondary N) is 1. The molecule has 0 spiro atoms. The summed E-state index contributed by atoms with van der Waals surface area (Å²) in [5.41, 5.74) is -2.01. The Balaban J connectivity index is 1.78. The first kappa shape index (κ1) is 26.3. The molecule has 1 saturated heterocycles. The van der Waals surface area contributed by atoms with Crippen molar-refractivity contribution in [2.24, 2.45) is 0 Å². The van der Waals surface area contributed by atoms with Crippen LogP contribution >= 0.6 is 0 Å². The van der Waals surface area contributed by atoms with Crippen molar-refractivity contribution < 1.29 is 28.6 Å². The SMILES string of the molecule is CCCN(C(=O)C(=O)N(C)C)C12CCC(Cn3c1nc(C(=O)NCc1ccc(F)cc1)c(O)c3=O)OC2. The van der Waals surface area contributed by atoms with E-state index in [1.54, 1.807) is 0 Å². The molecule has 37 heavy (non-hydrogen) atoms. The first-order valence-electron chi connectivity index (χ1n) is 12.1. The molecule has 1 aromatic carbocycles. The van der Waals surface area contributed by atoms with Gasteiger partial charge in [-0.1, -0.05) is 19.1 Å². The summed E-state index contributed by atoms with van der Waals surface area (Å²) in [6, 6.07) is 5.49. The van der Waals surface area contributed by atoms with Gasteiger partial charge in [-0.2, -0.15) is 0 Å². The standard InChI is InChI=1S/C25H30FN5O6/c1-4-11-31(23(36)22(35)29(2)3)25-10-9-17(37-14-25)13-30-21(34)19(32)18(28-24(25)30)20(33)27-12-15-5-7-16(26)8-6-15/h5-8,17,32H,4,9-14H2,1-3H3,(H,27,33). The monoisotopic (exact) mass is 515 g/mol. The first-order chi connectivity index (χ1) is 17.6. The number of aromatic nitrogens is 2. The predicted molar refractivity (Wildman–Crippen MR) is 129 cm³/mol. The third kappa shape index (κ3) is 4.80. The van der Waals surface area contributed by atoms with Gasteiger partial charge in [0, 0.05) is 27.2 Å². The Morgan fingerprint density at radius 3 is 2.54 bits per heavy atom. The number of carbonyl (C=O) groups excluding carboxylic acids is 3. The molecular formula is C25H30FN5O6. The van der Waals surface area contributed by atoms with Crippen LogP contribution in [0.15, 0.2) is 29.1 Å². The normalized spacial score (nSPS) is 20.1. The third-order valence-electron chi connectivity index (χ3n) is 6.77. The van der Waals surface area contributed by atoms with Crippen molar-refractivity contribution in [3.05, 3.63) is 57.5 Å². The number of aromatic hydroxyl groups is 1. The van der Waals surface area contributed by atoms with E-state index < -0.39 is 46.1 Å². The van der Waals surface area contributed by atoms with Gasteiger partial charge in [-0.25, -0.2) is 9.37 Å². The highest BCUT2D eigenvalue weighted by Gasteiger charge is 2.52. The van der Waals surface area contributed by atoms with Crippen LogP contribution in [0.1, 0.15) is 48.1 Å². The Morgan fingerprint density at radius 2 is 1.95 bits per heavy atom. The average Bonchev–Trinajstić information content (AvgIpc) is 3.14. The van der Waals surface area contributed by atoms with Crippen LogP contribution in [0.25, 0.3) is 0 Å². The van der Waals surface area contributed by atoms with E-state index >= 15 is 0 Å². The molecule has 3 amide bonds. The van der Waals surface area contributed by atoms with Crippen molar-refractivity contribution in [1.29, 1.82) is 0 Å². The van der Waals surface area contributed by atoms with Crippen LogP contribution in [-0.4, -0.2) is 75.5 Å². The molecule has 0 saturated carbocycles. The average molecular weight is 516 g/mol. The van der Waals surface area contributed by atoms with Gasteiger partial charge in [0.1, 0.15) is 17.2 Å². The lowest BCUT2D eigenvalue weighted by molar-refractivity contribution is -0.161. The van der Waals surface area contributed by atoms with Gasteiger partial charge < -0.3 is 25.0 Å². The van der Waals surface area contributed by atoms with Crippen molar-refractivity contribution >= 4 is 17.7 Å². The fraction of sp³-hybridized carbons (Fsp3) is 0.480. The molecule has 2 unspecified atom stereocenters. The van der Waals surface area contributed by atoms with Crippen LogP contribution in [0.4, 0.5) is 4.39 Å². The van der Waals surface area contributed by atoms with E-state index in [-0.39, 0.29) is 38.2 Å². The minimum absolute atomic E-state index is 0.00671. The van der Waals surface area contributed by atoms with Crippen LogP contribution in [0.3, 0.4) is 0 Å². The molecule has 2 aromatic rings. The second-order valence-corrected chi connectivity index (χ2v) is 9.52. The van der Waals surface area contributed by atoms with Crippen molar-refractivity contribution in [3.8, 4) is 5.75 Å². The van der Waals surface area contributed by atoms with E-state index in [1.165, 1.54) is 52.7 Å². The number of ether oxygens (including phenoxy) is 1. The zero-order chi connectivity index (χ0) is 26.9. The van der Waals surface area contributed by atoms with Crippen molar-refractivity contribution in [2.75, 3.05) is 27.2 Å². The van der Waals surface area contributed by atoms with Gasteiger partial charge in [-0.05, 0) is 37.0 Å². The summed E-state index contributed by atoms with van der Waals surface area (Å²) in [6.07, 6.45) is 1.01. The molecule has 4 heterocycles. The molecule has 2 bridgehead atoms. The molecule has 1 aromatic heterocycles. The number of hydrogen-bond acceptors (Lipinski definition) is 7. The molecule has 2 atom stereocenters. The third-order valence-corrected chi connectivity index (χ3v) is 6.77. The van der Waals surface area contributed by atoms with E-state index in [0.717, 1.165) is 0 Å². The van der Waals surface area contributed by atoms with Crippen LogP contribution < -0.4 is 10.9 Å². The maximum atomic E-state index is 13.3. The van der Waals surface area contributed by atoms with Crippen molar-refractivity contribution in [2.45, 2.75) is 50.9 Å². The van der Waals surface area contributed by atoms with Crippen LogP contribution in [0.2, 0.25) is 0 Å². The maximum Gasteiger partial charge on any atom is 0.312 e. The number of benzene rings is 1. The molecule has 5 rings (SSSR count). The fourth-order valence-electron chi connectivity index (χ4n) is 4.80. The molecule has 3 aliphatic heterocycles. The molecule has 12 heteroatoms. The van der Waals surface area contributed by atoms with Gasteiger partial charge in [0.25, 0.3) is 11.5 Å². The van der Waals surface area contributed by atoms with E-state index in [4.69, 9.17) is 4.74 Å². The topological polar surface area (TPSA) is 134 Å². The predicted octanol–water partition coefficient (Wildman–Crippen LogP) is 0.733. The second-order valence-electron chi connectivity index (χ2n) is 9.52. The highest BCUT2D eigenvalue weighted by molar-refractivity contribution is 6.34. The molecular weight excluding hydrogens is 485 g/mol. The molecule has 0 aliphatic carbocycles. The number of hydrogen-bond donors (Lipinski definition) is 2. The number of halogens is 1. The van der Waals surface area contributed by atoms with Crippen LogP contribution in [0, 0.1) is 5.82 Å². The lowest BCUT2D eigenvalue weighted by atomic mass is 9.87. The maximum absolute atomic E-state index is 13.3. The Kier molecular flexibility index (Phi) is 7.30. The van der Waals surface area contributed by atoms with E-state index in [1.807, 2.05) is 6.92 Å². The second kappa shape index (κ2) is 10.3. The van der Waals surface area contributed by atoms with Gasteiger partial charge in [0.15, 0.2) is 5.69 Å². The Bertz CT molecular complexity index is 1270. The molecule has 3 aliphatic rings. The summed E-state index contributed by atoms with van der Waals surface area (Å²) >= 11 is 0. The largest absolute Gasteiger partial charge is 0.501 e. The number of likely N-dealkylation sites (N-methyl/N-ethyl adjacent to an activating group) is 1. The number of amides is 3. The zero-order valence-electron chi connectivity index (χ0n) is 21.0. The lowest BCUT2D eigenvalue weighted by Crippen LogP contribution is -2.58. The van der Waals surface area contributed by atoms with Gasteiger partial charge >= 0.3 is 11.8 Å². The number of carbonyl (C=O) groups is 3. The molecule has 198 valence electrons. The Hall–Kier alpha value is -3.80. The van der Waals surface area contributed by atoms with Gasteiger partial charge in [-0.3, -0.25) is 23.7 Å². The lowest BCUT2D eigenvalue weighted by Gasteiger charge is -2.44. The summed E-state index contributed by atoms with van der Waals surface area (Å²) in [5.74, 6) is -3.47.